The van der Waals surface area contributed by atoms with E-state index in [1.165, 1.54) is 24.4 Å². The highest BCUT2D eigenvalue weighted by atomic mass is 16.5. The van der Waals surface area contributed by atoms with Crippen molar-refractivity contribution >= 4 is 12.1 Å². The number of carbonyl (C=O) groups is 1. The number of primary amides is 1. The van der Waals surface area contributed by atoms with Gasteiger partial charge in [0, 0.05) is 14.1 Å². The van der Waals surface area contributed by atoms with Gasteiger partial charge in [0.15, 0.2) is 6.23 Å². The lowest BCUT2D eigenvalue weighted by atomic mass is 10.3. The van der Waals surface area contributed by atoms with E-state index in [4.69, 9.17) is 14.6 Å². The van der Waals surface area contributed by atoms with Gasteiger partial charge in [0.2, 0.25) is 0 Å². The van der Waals surface area contributed by atoms with Crippen LogP contribution in [0.4, 0.5) is 0 Å². The molecule has 0 aromatic heterocycles. The first-order valence-electron chi connectivity index (χ1n) is 4.75. The van der Waals surface area contributed by atoms with Crippen LogP contribution in [0.5, 0.6) is 0 Å². The topological polar surface area (TPSA) is 67.9 Å². The predicted octanol–water partition coefficient (Wildman–Crippen LogP) is -0.698. The van der Waals surface area contributed by atoms with Crippen molar-refractivity contribution in [3.05, 3.63) is 11.9 Å². The van der Waals surface area contributed by atoms with Crippen molar-refractivity contribution in [2.24, 2.45) is 10.7 Å². The number of aliphatic imine (C=N–C) groups is 1. The van der Waals surface area contributed by atoms with Gasteiger partial charge in [-0.2, -0.15) is 0 Å². The smallest absolute Gasteiger partial charge is 0.266 e. The van der Waals surface area contributed by atoms with Gasteiger partial charge in [-0.1, -0.05) is 0 Å². The lowest BCUT2D eigenvalue weighted by Crippen LogP contribution is -2.40. The molecule has 12 heavy (non-hydrogen) atoms. The minimum absolute atomic E-state index is 0.103. The van der Waals surface area contributed by atoms with Crippen molar-refractivity contribution in [3.8, 4) is 0 Å². The molecule has 0 fully saturated rings. The van der Waals surface area contributed by atoms with Gasteiger partial charge in [-0.15, -0.1) is 0 Å². The predicted molar refractivity (Wildman–Crippen MR) is 44.3 cm³/mol. The average molecular weight is 172 g/mol. The van der Waals surface area contributed by atoms with Crippen LogP contribution in [-0.4, -0.2) is 37.3 Å². The highest BCUT2D eigenvalue weighted by Gasteiger charge is 2.20. The maximum atomic E-state index is 10.9. The quantitative estimate of drug-likeness (QED) is 0.599. The maximum absolute atomic E-state index is 10.9. The van der Waals surface area contributed by atoms with Crippen LogP contribution in [0.1, 0.15) is 4.11 Å². The molecule has 0 aliphatic carbocycles. The van der Waals surface area contributed by atoms with Crippen molar-refractivity contribution in [3.63, 3.8) is 0 Å². The summed E-state index contributed by atoms with van der Waals surface area (Å²) in [5.41, 5.74) is 5.17. The summed E-state index contributed by atoms with van der Waals surface area (Å²) in [4.78, 5) is 15.9. The number of methoxy groups -OCH3 is 1. The van der Waals surface area contributed by atoms with E-state index in [1.54, 1.807) is 0 Å². The maximum Gasteiger partial charge on any atom is 0.266 e. The average Bonchev–Trinajstić information content (AvgIpc) is 2.05. The van der Waals surface area contributed by atoms with Gasteiger partial charge in [0.25, 0.3) is 5.91 Å². The van der Waals surface area contributed by atoms with E-state index in [2.05, 4.69) is 4.99 Å². The van der Waals surface area contributed by atoms with Gasteiger partial charge in [0.05, 0.1) is 16.5 Å². The van der Waals surface area contributed by atoms with Crippen molar-refractivity contribution < 1.29 is 13.6 Å². The van der Waals surface area contributed by atoms with E-state index in [9.17, 15) is 4.79 Å². The Balaban J connectivity index is 2.77. The van der Waals surface area contributed by atoms with E-state index < -0.39 is 19.2 Å². The summed E-state index contributed by atoms with van der Waals surface area (Å²) < 4.78 is 25.5. The van der Waals surface area contributed by atoms with Gasteiger partial charge in [-0.25, -0.2) is 0 Å². The molecule has 2 N–H and O–H groups in total. The normalized spacial score (nSPS) is 27.1. The van der Waals surface area contributed by atoms with Gasteiger partial charge >= 0.3 is 0 Å². The first-order valence-corrected chi connectivity index (χ1v) is 3.25. The minimum atomic E-state index is -2.55. The molecule has 1 atom stereocenters. The Morgan fingerprint density at radius 3 is 3.33 bits per heavy atom. The summed E-state index contributed by atoms with van der Waals surface area (Å²) in [6.45, 7) is 0. The number of hydrogen-bond donors (Lipinski definition) is 1. The van der Waals surface area contributed by atoms with E-state index in [1.807, 2.05) is 0 Å². The highest BCUT2D eigenvalue weighted by molar-refractivity contribution is 5.92. The molecule has 1 aliphatic rings. The van der Waals surface area contributed by atoms with Crippen LogP contribution in [0.15, 0.2) is 16.9 Å². The third-order valence-corrected chi connectivity index (χ3v) is 1.55. The van der Waals surface area contributed by atoms with Gasteiger partial charge < -0.3 is 15.4 Å². The molecule has 0 spiro atoms. The van der Waals surface area contributed by atoms with Gasteiger partial charge in [-0.05, 0) is 0 Å². The molecule has 5 heteroatoms. The third-order valence-electron chi connectivity index (χ3n) is 1.55. The van der Waals surface area contributed by atoms with Crippen molar-refractivity contribution in [1.82, 2.24) is 4.90 Å². The van der Waals surface area contributed by atoms with E-state index in [-0.39, 0.29) is 5.70 Å². The molecule has 1 amide bonds. The fourth-order valence-corrected chi connectivity index (χ4v) is 0.862. The van der Waals surface area contributed by atoms with E-state index in [0.29, 0.717) is 0 Å². The summed E-state index contributed by atoms with van der Waals surface area (Å²) in [6, 6.07) is 0. The number of likely N-dealkylation sites (N-methyl/N-ethyl adjacent to an activating group) is 1. The molecule has 1 unspecified atom stereocenters. The zero-order valence-corrected chi connectivity index (χ0v) is 6.52. The van der Waals surface area contributed by atoms with Crippen molar-refractivity contribution in [2.75, 3.05) is 14.1 Å². The Morgan fingerprint density at radius 2 is 2.75 bits per heavy atom. The molecular formula is C7H11N3O2. The summed E-state index contributed by atoms with van der Waals surface area (Å²) in [7, 11) is -1.05. The van der Waals surface area contributed by atoms with Gasteiger partial charge in [-0.3, -0.25) is 9.79 Å². The van der Waals surface area contributed by atoms with Crippen LogP contribution in [0.2, 0.25) is 0 Å². The fourth-order valence-electron chi connectivity index (χ4n) is 0.862. The standard InChI is InChI=1S/C7H11N3O2/c1-10-5(7(8)11)3-9-4-6(10)12-2/h3-4,6H,1-2H3,(H2,8,11)/i2D3. The second-order valence-electron chi connectivity index (χ2n) is 2.30. The van der Waals surface area contributed by atoms with Crippen LogP contribution in [-0.2, 0) is 9.53 Å². The molecule has 0 aromatic rings. The molecule has 0 aromatic carbocycles. The van der Waals surface area contributed by atoms with Crippen LogP contribution >= 0.6 is 0 Å². The molecule has 5 nitrogen and oxygen atoms in total. The van der Waals surface area contributed by atoms with Crippen molar-refractivity contribution in [2.45, 2.75) is 6.23 Å². The zero-order valence-electron chi connectivity index (χ0n) is 9.52. The summed E-state index contributed by atoms with van der Waals surface area (Å²) in [5.74, 6) is -0.687. The first kappa shape index (κ1) is 5.31. The molecule has 0 saturated carbocycles. The largest absolute Gasteiger partial charge is 0.364 e. The van der Waals surface area contributed by atoms with E-state index >= 15 is 0 Å². The first-order chi connectivity index (χ1) is 6.81. The summed E-state index contributed by atoms with van der Waals surface area (Å²) in [5, 5.41) is 0. The molecule has 0 saturated heterocycles. The number of rotatable bonds is 2. The Labute approximate surface area is 74.7 Å². The highest BCUT2D eigenvalue weighted by Crippen LogP contribution is 2.10. The Bertz CT molecular complexity index is 324. The number of amides is 1. The second-order valence-corrected chi connectivity index (χ2v) is 2.30. The molecule has 0 radical (unpaired) electrons. The minimum Gasteiger partial charge on any atom is -0.364 e. The Hall–Kier alpha value is -1.36. The second kappa shape index (κ2) is 3.36. The summed E-state index contributed by atoms with van der Waals surface area (Å²) in [6.07, 6.45) is 1.62. The lowest BCUT2D eigenvalue weighted by Gasteiger charge is -2.28. The van der Waals surface area contributed by atoms with Crippen LogP contribution in [0.3, 0.4) is 0 Å². The van der Waals surface area contributed by atoms with Gasteiger partial charge in [0.1, 0.15) is 5.70 Å². The number of ether oxygens (including phenoxy) is 1. The fraction of sp³-hybridized carbons (Fsp3) is 0.429. The number of nitrogens with two attached hydrogens (primary N) is 1. The lowest BCUT2D eigenvalue weighted by molar-refractivity contribution is -0.117. The van der Waals surface area contributed by atoms with Crippen LogP contribution < -0.4 is 5.73 Å². The Morgan fingerprint density at radius 1 is 2.00 bits per heavy atom. The molecular weight excluding hydrogens is 158 g/mol. The molecule has 1 rings (SSSR count). The molecule has 66 valence electrons. The number of carbonyl (C=O) groups excluding carboxylic acids is 1. The Kier molecular flexibility index (Phi) is 1.49. The van der Waals surface area contributed by atoms with E-state index in [0.717, 1.165) is 0 Å². The molecule has 0 bridgehead atoms. The van der Waals surface area contributed by atoms with Crippen LogP contribution in [0.25, 0.3) is 0 Å². The molecule has 1 aliphatic heterocycles. The summed E-state index contributed by atoms with van der Waals surface area (Å²) >= 11 is 0. The van der Waals surface area contributed by atoms with Crippen LogP contribution in [0, 0.1) is 0 Å². The monoisotopic (exact) mass is 172 g/mol. The van der Waals surface area contributed by atoms with Crippen molar-refractivity contribution in [1.29, 1.82) is 0 Å². The SMILES string of the molecule is [2H]C([2H])([2H])OC1C=NC=C(C(N)=O)N1C. The zero-order chi connectivity index (χ0) is 11.6. The third kappa shape index (κ3) is 1.45. The number of nitrogens with zero attached hydrogens (tertiary/aromatic N) is 2. The molecule has 1 heterocycles. The number of hydrogen-bond acceptors (Lipinski definition) is 4.